The van der Waals surface area contributed by atoms with E-state index < -0.39 is 0 Å². The minimum atomic E-state index is 0. The number of carbonyl (C=O) groups is 1. The van der Waals surface area contributed by atoms with Gasteiger partial charge in [0.25, 0.3) is 0 Å². The smallest absolute Gasteiger partial charge is 0.223 e. The topological polar surface area (TPSA) is 50.8 Å². The Morgan fingerprint density at radius 1 is 1.24 bits per heavy atom. The third-order valence-electron chi connectivity index (χ3n) is 4.56. The molecule has 1 saturated heterocycles. The number of thioether (sulfide) groups is 1. The van der Waals surface area contributed by atoms with Crippen LogP contribution in [0.25, 0.3) is 0 Å². The highest BCUT2D eigenvalue weighted by Gasteiger charge is 2.21. The first-order valence-corrected chi connectivity index (χ1v) is 9.72. The van der Waals surface area contributed by atoms with Crippen molar-refractivity contribution in [1.82, 2.24) is 10.2 Å². The van der Waals surface area contributed by atoms with Crippen molar-refractivity contribution in [3.8, 4) is 11.5 Å². The van der Waals surface area contributed by atoms with Gasteiger partial charge in [0.15, 0.2) is 11.5 Å². The second-order valence-electron chi connectivity index (χ2n) is 6.20. The number of likely N-dealkylation sites (tertiary alicyclic amines) is 1. The molecule has 0 unspecified atom stereocenters. The van der Waals surface area contributed by atoms with E-state index in [9.17, 15) is 4.79 Å². The van der Waals surface area contributed by atoms with E-state index in [4.69, 9.17) is 9.47 Å². The molecule has 7 heteroatoms. The summed E-state index contributed by atoms with van der Waals surface area (Å²) in [7, 11) is 1.99. The van der Waals surface area contributed by atoms with Gasteiger partial charge < -0.3 is 19.7 Å². The zero-order valence-electron chi connectivity index (χ0n) is 14.7. The van der Waals surface area contributed by atoms with Gasteiger partial charge >= 0.3 is 0 Å². The standard InChI is InChI=1S/C18H26N2O3S.ClH/c1-19-14-5-8-20(9-6-14)18(21)7-12-24-15-3-4-16-17(13-15)23-11-2-10-22-16;/h3-4,13-14,19H,2,5-12H2,1H3;1H. The van der Waals surface area contributed by atoms with E-state index in [-0.39, 0.29) is 18.3 Å². The van der Waals surface area contributed by atoms with E-state index in [0.29, 0.717) is 25.7 Å². The van der Waals surface area contributed by atoms with E-state index in [1.807, 2.05) is 30.1 Å². The Labute approximate surface area is 160 Å². The van der Waals surface area contributed by atoms with Crippen molar-refractivity contribution >= 4 is 30.1 Å². The molecule has 5 nitrogen and oxygen atoms in total. The highest BCUT2D eigenvalue weighted by atomic mass is 35.5. The number of hydrogen-bond donors (Lipinski definition) is 1. The summed E-state index contributed by atoms with van der Waals surface area (Å²) in [4.78, 5) is 15.4. The first-order valence-electron chi connectivity index (χ1n) is 8.74. The van der Waals surface area contributed by atoms with Gasteiger partial charge in [-0.2, -0.15) is 0 Å². The first-order chi connectivity index (χ1) is 11.8. The average molecular weight is 387 g/mol. The van der Waals surface area contributed by atoms with Crippen LogP contribution in [0.3, 0.4) is 0 Å². The van der Waals surface area contributed by atoms with Gasteiger partial charge in [-0.1, -0.05) is 0 Å². The number of fused-ring (bicyclic) bond motifs is 1. The van der Waals surface area contributed by atoms with Crippen LogP contribution >= 0.6 is 24.2 Å². The molecule has 2 aliphatic rings. The summed E-state index contributed by atoms with van der Waals surface area (Å²) < 4.78 is 11.4. The quantitative estimate of drug-likeness (QED) is 0.788. The van der Waals surface area contributed by atoms with Gasteiger partial charge in [0.1, 0.15) is 0 Å². The molecule has 1 amide bonds. The van der Waals surface area contributed by atoms with Crippen LogP contribution in [0.4, 0.5) is 0 Å². The van der Waals surface area contributed by atoms with Crippen LogP contribution in [0, 0.1) is 0 Å². The zero-order chi connectivity index (χ0) is 16.8. The van der Waals surface area contributed by atoms with E-state index in [1.165, 1.54) is 0 Å². The van der Waals surface area contributed by atoms with Crippen LogP contribution in [-0.2, 0) is 4.79 Å². The molecule has 0 radical (unpaired) electrons. The molecule has 0 aromatic heterocycles. The molecule has 2 aliphatic heterocycles. The summed E-state index contributed by atoms with van der Waals surface area (Å²) >= 11 is 1.70. The Hall–Kier alpha value is -1.11. The van der Waals surface area contributed by atoms with Crippen LogP contribution in [0.5, 0.6) is 11.5 Å². The molecule has 0 spiro atoms. The number of hydrogen-bond acceptors (Lipinski definition) is 5. The second kappa shape index (κ2) is 10.1. The average Bonchev–Trinajstić information content (AvgIpc) is 2.86. The molecule has 1 aromatic rings. The fourth-order valence-corrected chi connectivity index (χ4v) is 3.93. The van der Waals surface area contributed by atoms with Gasteiger partial charge in [-0.3, -0.25) is 4.79 Å². The van der Waals surface area contributed by atoms with Crippen molar-refractivity contribution in [2.24, 2.45) is 0 Å². The molecule has 0 atom stereocenters. The summed E-state index contributed by atoms with van der Waals surface area (Å²) in [5, 5.41) is 3.29. The molecule has 1 fully saturated rings. The molecular formula is C18H27ClN2O3S. The highest BCUT2D eigenvalue weighted by molar-refractivity contribution is 7.99. The van der Waals surface area contributed by atoms with E-state index in [0.717, 1.165) is 54.5 Å². The molecule has 3 rings (SSSR count). The lowest BCUT2D eigenvalue weighted by Crippen LogP contribution is -2.44. The zero-order valence-corrected chi connectivity index (χ0v) is 16.3. The fraction of sp³-hybridized carbons (Fsp3) is 0.611. The Bertz CT molecular complexity index is 565. The Morgan fingerprint density at radius 2 is 1.96 bits per heavy atom. The monoisotopic (exact) mass is 386 g/mol. The Kier molecular flexibility index (Phi) is 8.19. The van der Waals surface area contributed by atoms with Gasteiger partial charge in [0.2, 0.25) is 5.91 Å². The summed E-state index contributed by atoms with van der Waals surface area (Å²) in [5.74, 6) is 2.70. The van der Waals surface area contributed by atoms with Crippen molar-refractivity contribution in [3.05, 3.63) is 18.2 Å². The maximum absolute atomic E-state index is 12.3. The van der Waals surface area contributed by atoms with E-state index in [1.54, 1.807) is 11.8 Å². The minimum Gasteiger partial charge on any atom is -0.490 e. The predicted molar refractivity (Wildman–Crippen MR) is 103 cm³/mol. The number of ether oxygens (including phenoxy) is 2. The summed E-state index contributed by atoms with van der Waals surface area (Å²) in [6.45, 7) is 3.15. The molecule has 1 N–H and O–H groups in total. The number of halogens is 1. The molecule has 140 valence electrons. The van der Waals surface area contributed by atoms with Crippen molar-refractivity contribution in [2.75, 3.05) is 39.1 Å². The third-order valence-corrected chi connectivity index (χ3v) is 5.56. The number of nitrogens with one attached hydrogen (secondary N) is 1. The van der Waals surface area contributed by atoms with E-state index >= 15 is 0 Å². The summed E-state index contributed by atoms with van der Waals surface area (Å²) in [6, 6.07) is 6.59. The van der Waals surface area contributed by atoms with Crippen LogP contribution in [0.1, 0.15) is 25.7 Å². The number of nitrogens with zero attached hydrogens (tertiary/aromatic N) is 1. The Balaban J connectivity index is 0.00000225. The molecule has 0 aliphatic carbocycles. The number of piperidine rings is 1. The maximum Gasteiger partial charge on any atom is 0.223 e. The number of amides is 1. The fourth-order valence-electron chi connectivity index (χ4n) is 3.07. The molecule has 0 bridgehead atoms. The molecule has 1 aromatic carbocycles. The number of carbonyl (C=O) groups excluding carboxylic acids is 1. The number of benzene rings is 1. The van der Waals surface area contributed by atoms with Crippen molar-refractivity contribution < 1.29 is 14.3 Å². The lowest BCUT2D eigenvalue weighted by atomic mass is 10.1. The lowest BCUT2D eigenvalue weighted by Gasteiger charge is -2.31. The van der Waals surface area contributed by atoms with Crippen molar-refractivity contribution in [1.29, 1.82) is 0 Å². The van der Waals surface area contributed by atoms with Gasteiger partial charge in [0.05, 0.1) is 13.2 Å². The van der Waals surface area contributed by atoms with Gasteiger partial charge in [-0.05, 0) is 38.1 Å². The lowest BCUT2D eigenvalue weighted by molar-refractivity contribution is -0.131. The SMILES string of the molecule is CNC1CCN(C(=O)CCSc2ccc3c(c2)OCCCO3)CC1.Cl. The van der Waals surface area contributed by atoms with Crippen LogP contribution < -0.4 is 14.8 Å². The predicted octanol–water partition coefficient (Wildman–Crippen LogP) is 2.96. The molecule has 25 heavy (non-hydrogen) atoms. The van der Waals surface area contributed by atoms with Crippen LogP contribution in [0.2, 0.25) is 0 Å². The van der Waals surface area contributed by atoms with Crippen LogP contribution in [-0.4, -0.2) is 56.0 Å². The first kappa shape index (κ1) is 20.2. The minimum absolute atomic E-state index is 0. The van der Waals surface area contributed by atoms with Gasteiger partial charge in [-0.15, -0.1) is 24.2 Å². The van der Waals surface area contributed by atoms with Gasteiger partial charge in [0, 0.05) is 42.6 Å². The highest BCUT2D eigenvalue weighted by Crippen LogP contribution is 2.34. The molecule has 0 saturated carbocycles. The third kappa shape index (κ3) is 5.69. The summed E-state index contributed by atoms with van der Waals surface area (Å²) in [5.41, 5.74) is 0. The molecule has 2 heterocycles. The number of rotatable bonds is 5. The van der Waals surface area contributed by atoms with Crippen molar-refractivity contribution in [2.45, 2.75) is 36.6 Å². The van der Waals surface area contributed by atoms with Crippen molar-refractivity contribution in [3.63, 3.8) is 0 Å². The van der Waals surface area contributed by atoms with Crippen LogP contribution in [0.15, 0.2) is 23.1 Å². The van der Waals surface area contributed by atoms with Gasteiger partial charge in [-0.25, -0.2) is 0 Å². The summed E-state index contributed by atoms with van der Waals surface area (Å²) in [6.07, 6.45) is 3.61. The molecular weight excluding hydrogens is 360 g/mol. The maximum atomic E-state index is 12.3. The largest absolute Gasteiger partial charge is 0.490 e. The second-order valence-corrected chi connectivity index (χ2v) is 7.37. The Morgan fingerprint density at radius 3 is 2.68 bits per heavy atom. The normalized spacial score (nSPS) is 17.6. The van der Waals surface area contributed by atoms with E-state index in [2.05, 4.69) is 5.32 Å².